The number of nitrogens with one attached hydrogen (secondary N) is 2. The Morgan fingerprint density at radius 1 is 1.33 bits per heavy atom. The maximum Gasteiger partial charge on any atom is 0.251 e. The topological polar surface area (TPSA) is 58.2 Å². The zero-order valence-corrected chi connectivity index (χ0v) is 12.3. The first kappa shape index (κ1) is 15.0. The third-order valence-corrected chi connectivity index (χ3v) is 3.38. The number of halogens is 2. The molecule has 0 aliphatic carbocycles. The van der Waals surface area contributed by atoms with Gasteiger partial charge in [-0.15, -0.1) is 0 Å². The summed E-state index contributed by atoms with van der Waals surface area (Å²) in [6.45, 7) is 2.55. The van der Waals surface area contributed by atoms with Gasteiger partial charge in [0.15, 0.2) is 0 Å². The quantitative estimate of drug-likeness (QED) is 0.869. The second kappa shape index (κ2) is 7.38. The Morgan fingerprint density at radius 3 is 2.67 bits per heavy atom. The van der Waals surface area contributed by atoms with E-state index in [2.05, 4.69) is 26.6 Å². The van der Waals surface area contributed by atoms with Gasteiger partial charge in [-0.2, -0.15) is 0 Å². The molecule has 0 radical (unpaired) electrons. The minimum atomic E-state index is -0.306. The van der Waals surface area contributed by atoms with Crippen LogP contribution < -0.4 is 10.6 Å². The first-order valence-corrected chi connectivity index (χ1v) is 6.71. The summed E-state index contributed by atoms with van der Waals surface area (Å²) < 4.78 is 0.646. The zero-order valence-electron chi connectivity index (χ0n) is 9.93. The number of rotatable bonds is 5. The van der Waals surface area contributed by atoms with Gasteiger partial charge in [-0.25, -0.2) is 0 Å². The van der Waals surface area contributed by atoms with Crippen LogP contribution >= 0.6 is 27.5 Å². The van der Waals surface area contributed by atoms with Crippen LogP contribution in [0.15, 0.2) is 22.7 Å². The van der Waals surface area contributed by atoms with Crippen molar-refractivity contribution in [3.05, 3.63) is 33.3 Å². The molecule has 0 saturated carbocycles. The molecule has 2 amide bonds. The summed E-state index contributed by atoms with van der Waals surface area (Å²) >= 11 is 9.06. The average Bonchev–Trinajstić information content (AvgIpc) is 2.36. The van der Waals surface area contributed by atoms with Crippen LogP contribution in [-0.2, 0) is 4.79 Å². The third-order valence-electron chi connectivity index (χ3n) is 2.16. The largest absolute Gasteiger partial charge is 0.355 e. The number of hydrogen-bond donors (Lipinski definition) is 2. The van der Waals surface area contributed by atoms with Crippen LogP contribution in [0.3, 0.4) is 0 Å². The van der Waals surface area contributed by atoms with Crippen LogP contribution in [0.25, 0.3) is 0 Å². The highest BCUT2D eigenvalue weighted by atomic mass is 79.9. The van der Waals surface area contributed by atoms with Crippen molar-refractivity contribution in [1.29, 1.82) is 0 Å². The van der Waals surface area contributed by atoms with Gasteiger partial charge in [0.25, 0.3) is 5.91 Å². The van der Waals surface area contributed by atoms with Crippen LogP contribution in [0.5, 0.6) is 0 Å². The van der Waals surface area contributed by atoms with Gasteiger partial charge in [0.2, 0.25) is 5.91 Å². The lowest BCUT2D eigenvalue weighted by molar-refractivity contribution is -0.120. The molecule has 1 aromatic carbocycles. The van der Waals surface area contributed by atoms with Gasteiger partial charge in [0.05, 0.1) is 11.6 Å². The average molecular weight is 334 g/mol. The number of hydrogen-bond acceptors (Lipinski definition) is 2. The monoisotopic (exact) mass is 332 g/mol. The fourth-order valence-electron chi connectivity index (χ4n) is 1.23. The Kier molecular flexibility index (Phi) is 6.15. The molecule has 0 atom stereocenters. The van der Waals surface area contributed by atoms with Crippen molar-refractivity contribution in [2.75, 3.05) is 13.1 Å². The Balaban J connectivity index is 2.50. The van der Waals surface area contributed by atoms with E-state index in [4.69, 9.17) is 11.6 Å². The predicted molar refractivity (Wildman–Crippen MR) is 74.8 cm³/mol. The zero-order chi connectivity index (χ0) is 13.5. The smallest absolute Gasteiger partial charge is 0.251 e. The SMILES string of the molecule is CCCNC(=O)CNC(=O)c1ccc(Cl)c(Br)c1. The maximum atomic E-state index is 11.7. The highest BCUT2D eigenvalue weighted by molar-refractivity contribution is 9.10. The first-order valence-electron chi connectivity index (χ1n) is 5.54. The standard InChI is InChI=1S/C12H14BrClN2O2/c1-2-5-15-11(17)7-16-12(18)8-3-4-10(14)9(13)6-8/h3-4,6H,2,5,7H2,1H3,(H,15,17)(H,16,18). The molecule has 18 heavy (non-hydrogen) atoms. The van der Waals surface area contributed by atoms with E-state index in [-0.39, 0.29) is 18.4 Å². The molecular weight excluding hydrogens is 320 g/mol. The molecule has 0 bridgehead atoms. The van der Waals surface area contributed by atoms with Gasteiger partial charge in [-0.3, -0.25) is 9.59 Å². The molecule has 0 unspecified atom stereocenters. The molecule has 6 heteroatoms. The molecule has 0 aliphatic heterocycles. The lowest BCUT2D eigenvalue weighted by Crippen LogP contribution is -2.37. The minimum Gasteiger partial charge on any atom is -0.355 e. The molecule has 2 N–H and O–H groups in total. The third kappa shape index (κ3) is 4.66. The normalized spacial score (nSPS) is 9.94. The van der Waals surface area contributed by atoms with Gasteiger partial charge in [0.1, 0.15) is 0 Å². The molecule has 1 aromatic rings. The molecule has 0 fully saturated rings. The molecule has 98 valence electrons. The predicted octanol–water partition coefficient (Wildman–Crippen LogP) is 2.36. The number of carbonyl (C=O) groups excluding carboxylic acids is 2. The minimum absolute atomic E-state index is 0.0287. The fourth-order valence-corrected chi connectivity index (χ4v) is 1.72. The first-order chi connectivity index (χ1) is 8.54. The summed E-state index contributed by atoms with van der Waals surface area (Å²) in [6, 6.07) is 4.84. The second-order valence-corrected chi connectivity index (χ2v) is 4.92. The maximum absolute atomic E-state index is 11.7. The lowest BCUT2D eigenvalue weighted by atomic mass is 10.2. The number of amides is 2. The van der Waals surface area contributed by atoms with Crippen LogP contribution in [-0.4, -0.2) is 24.9 Å². The van der Waals surface area contributed by atoms with Crippen LogP contribution in [0, 0.1) is 0 Å². The summed E-state index contributed by atoms with van der Waals surface area (Å²) in [5.74, 6) is -0.503. The van der Waals surface area contributed by atoms with E-state index in [1.54, 1.807) is 18.2 Å². The Bertz CT molecular complexity index is 452. The van der Waals surface area contributed by atoms with E-state index < -0.39 is 0 Å². The number of carbonyl (C=O) groups is 2. The van der Waals surface area contributed by atoms with E-state index in [9.17, 15) is 9.59 Å². The van der Waals surface area contributed by atoms with Crippen molar-refractivity contribution in [2.24, 2.45) is 0 Å². The van der Waals surface area contributed by atoms with Crippen molar-refractivity contribution >= 4 is 39.3 Å². The van der Waals surface area contributed by atoms with Gasteiger partial charge >= 0.3 is 0 Å². The highest BCUT2D eigenvalue weighted by Gasteiger charge is 2.09. The molecular formula is C12H14BrClN2O2. The van der Waals surface area contributed by atoms with E-state index in [1.807, 2.05) is 6.92 Å². The molecule has 0 saturated heterocycles. The van der Waals surface area contributed by atoms with E-state index in [0.717, 1.165) is 6.42 Å². The summed E-state index contributed by atoms with van der Waals surface area (Å²) in [6.07, 6.45) is 0.865. The van der Waals surface area contributed by atoms with Crippen molar-refractivity contribution < 1.29 is 9.59 Å². The van der Waals surface area contributed by atoms with Gasteiger partial charge in [-0.05, 0) is 40.5 Å². The van der Waals surface area contributed by atoms with E-state index in [1.165, 1.54) is 0 Å². The van der Waals surface area contributed by atoms with Crippen LogP contribution in [0.2, 0.25) is 5.02 Å². The Hall–Kier alpha value is -1.07. The van der Waals surface area contributed by atoms with Crippen molar-refractivity contribution in [1.82, 2.24) is 10.6 Å². The van der Waals surface area contributed by atoms with Crippen molar-refractivity contribution in [3.8, 4) is 0 Å². The second-order valence-electron chi connectivity index (χ2n) is 3.66. The van der Waals surface area contributed by atoms with E-state index >= 15 is 0 Å². The van der Waals surface area contributed by atoms with Crippen molar-refractivity contribution in [3.63, 3.8) is 0 Å². The molecule has 0 spiro atoms. The molecule has 1 rings (SSSR count). The summed E-state index contributed by atoms with van der Waals surface area (Å²) in [5.41, 5.74) is 0.453. The lowest BCUT2D eigenvalue weighted by Gasteiger charge is -2.06. The highest BCUT2D eigenvalue weighted by Crippen LogP contribution is 2.23. The molecule has 0 heterocycles. The van der Waals surface area contributed by atoms with Gasteiger partial charge < -0.3 is 10.6 Å². The Morgan fingerprint density at radius 2 is 2.06 bits per heavy atom. The van der Waals surface area contributed by atoms with Crippen LogP contribution in [0.1, 0.15) is 23.7 Å². The Labute approximate surface area is 119 Å². The summed E-state index contributed by atoms with van der Waals surface area (Å²) in [4.78, 5) is 23.0. The van der Waals surface area contributed by atoms with Crippen LogP contribution in [0.4, 0.5) is 0 Å². The van der Waals surface area contributed by atoms with Gasteiger partial charge in [-0.1, -0.05) is 18.5 Å². The summed E-state index contributed by atoms with van der Waals surface area (Å²) in [5, 5.41) is 5.75. The molecule has 4 nitrogen and oxygen atoms in total. The fraction of sp³-hybridized carbons (Fsp3) is 0.333. The molecule has 0 aromatic heterocycles. The van der Waals surface area contributed by atoms with Gasteiger partial charge in [0, 0.05) is 16.6 Å². The van der Waals surface area contributed by atoms with Crippen molar-refractivity contribution in [2.45, 2.75) is 13.3 Å². The van der Waals surface area contributed by atoms with E-state index in [0.29, 0.717) is 21.6 Å². The molecule has 0 aliphatic rings. The number of benzene rings is 1. The summed E-state index contributed by atoms with van der Waals surface area (Å²) in [7, 11) is 0.